The van der Waals surface area contributed by atoms with Crippen LogP contribution < -0.4 is 10.6 Å². The normalized spacial score (nSPS) is 17.0. The molecule has 116 valence electrons. The molecule has 0 bridgehead atoms. The van der Waals surface area contributed by atoms with Crippen molar-refractivity contribution in [2.45, 2.75) is 26.4 Å². The van der Waals surface area contributed by atoms with Crippen molar-refractivity contribution in [3.63, 3.8) is 0 Å². The third-order valence-corrected chi connectivity index (χ3v) is 3.59. The van der Waals surface area contributed by atoms with E-state index in [0.717, 1.165) is 37.7 Å². The van der Waals surface area contributed by atoms with Gasteiger partial charge in [-0.1, -0.05) is 0 Å². The van der Waals surface area contributed by atoms with Crippen molar-refractivity contribution < 1.29 is 5.11 Å². The van der Waals surface area contributed by atoms with Crippen molar-refractivity contribution in [3.05, 3.63) is 23.4 Å². The molecule has 0 spiro atoms. The van der Waals surface area contributed by atoms with Crippen molar-refractivity contribution >= 4 is 11.7 Å². The van der Waals surface area contributed by atoms with Gasteiger partial charge in [0.2, 0.25) is 0 Å². The van der Waals surface area contributed by atoms with Crippen LogP contribution in [0.2, 0.25) is 0 Å². The lowest BCUT2D eigenvalue weighted by molar-refractivity contribution is 0.0344. The fourth-order valence-electron chi connectivity index (χ4n) is 2.66. The van der Waals surface area contributed by atoms with Gasteiger partial charge in [-0.2, -0.15) is 0 Å². The zero-order valence-electron chi connectivity index (χ0n) is 13.1. The summed E-state index contributed by atoms with van der Waals surface area (Å²) in [5.41, 5.74) is 6.60. The first-order valence-corrected chi connectivity index (χ1v) is 7.28. The van der Waals surface area contributed by atoms with Gasteiger partial charge in [-0.3, -0.25) is 10.3 Å². The van der Waals surface area contributed by atoms with Crippen LogP contribution in [0.1, 0.15) is 25.1 Å². The summed E-state index contributed by atoms with van der Waals surface area (Å²) in [5, 5.41) is 17.6. The van der Waals surface area contributed by atoms with Crippen LogP contribution in [0.5, 0.6) is 0 Å². The summed E-state index contributed by atoms with van der Waals surface area (Å²) in [5.74, 6) is 0.849. The predicted octanol–water partition coefficient (Wildman–Crippen LogP) is 0.567. The number of hydrogen-bond acceptors (Lipinski definition) is 5. The van der Waals surface area contributed by atoms with E-state index < -0.39 is 5.60 Å². The number of β-amino-alcohol motifs (C(OH)–C–C–N with tert-alkyl or cyclic N) is 1. The quantitative estimate of drug-likeness (QED) is 0.557. The molecular weight excluding hydrogens is 266 g/mol. The van der Waals surface area contributed by atoms with Gasteiger partial charge in [0, 0.05) is 38.4 Å². The maximum atomic E-state index is 9.89. The first-order valence-electron chi connectivity index (χ1n) is 7.28. The Labute approximate surface area is 126 Å². The minimum atomic E-state index is -0.672. The van der Waals surface area contributed by atoms with E-state index in [1.54, 1.807) is 0 Å². The van der Waals surface area contributed by atoms with Crippen LogP contribution in [0.15, 0.2) is 12.1 Å². The SMILES string of the molecule is Cc1ccc(C(=N)N)c(N2CCN(CC(C)(C)O)CC2)n1. The molecule has 1 aromatic heterocycles. The molecular formula is C15H25N5O. The molecule has 1 aromatic rings. The molecule has 2 rings (SSSR count). The summed E-state index contributed by atoms with van der Waals surface area (Å²) < 4.78 is 0. The summed E-state index contributed by atoms with van der Waals surface area (Å²) in [7, 11) is 0. The lowest BCUT2D eigenvalue weighted by atomic mass is 10.1. The van der Waals surface area contributed by atoms with E-state index in [9.17, 15) is 5.11 Å². The van der Waals surface area contributed by atoms with Crippen molar-refractivity contribution in [2.75, 3.05) is 37.6 Å². The molecule has 0 aromatic carbocycles. The van der Waals surface area contributed by atoms with Gasteiger partial charge in [-0.15, -0.1) is 0 Å². The molecule has 1 fully saturated rings. The number of aromatic nitrogens is 1. The average Bonchev–Trinajstić information content (AvgIpc) is 2.37. The van der Waals surface area contributed by atoms with Crippen LogP contribution in [0.25, 0.3) is 0 Å². The highest BCUT2D eigenvalue weighted by atomic mass is 16.3. The summed E-state index contributed by atoms with van der Waals surface area (Å²) in [6.45, 7) is 9.66. The van der Waals surface area contributed by atoms with Crippen LogP contribution in [-0.2, 0) is 0 Å². The van der Waals surface area contributed by atoms with Gasteiger partial charge in [0.25, 0.3) is 0 Å². The number of aryl methyl sites for hydroxylation is 1. The zero-order chi connectivity index (χ0) is 15.6. The lowest BCUT2D eigenvalue weighted by Crippen LogP contribution is -2.51. The fourth-order valence-corrected chi connectivity index (χ4v) is 2.66. The Morgan fingerprint density at radius 1 is 1.33 bits per heavy atom. The maximum Gasteiger partial charge on any atom is 0.139 e. The molecule has 0 radical (unpaired) electrons. The summed E-state index contributed by atoms with van der Waals surface area (Å²) in [6.07, 6.45) is 0. The van der Waals surface area contributed by atoms with Gasteiger partial charge >= 0.3 is 0 Å². The van der Waals surface area contributed by atoms with E-state index >= 15 is 0 Å². The Hall–Kier alpha value is -1.66. The van der Waals surface area contributed by atoms with Gasteiger partial charge in [-0.25, -0.2) is 4.98 Å². The Kier molecular flexibility index (Phi) is 4.49. The third kappa shape index (κ3) is 4.15. The van der Waals surface area contributed by atoms with Crippen LogP contribution in [0.3, 0.4) is 0 Å². The molecule has 1 aliphatic heterocycles. The van der Waals surface area contributed by atoms with Crippen molar-refractivity contribution in [1.29, 1.82) is 5.41 Å². The molecule has 0 saturated carbocycles. The smallest absolute Gasteiger partial charge is 0.139 e. The average molecular weight is 291 g/mol. The molecule has 21 heavy (non-hydrogen) atoms. The van der Waals surface area contributed by atoms with E-state index in [-0.39, 0.29) is 5.84 Å². The number of nitrogens with one attached hydrogen (secondary N) is 1. The number of amidine groups is 1. The van der Waals surface area contributed by atoms with E-state index in [1.807, 2.05) is 32.9 Å². The molecule has 1 aliphatic rings. The number of rotatable bonds is 4. The van der Waals surface area contributed by atoms with Crippen LogP contribution in [0.4, 0.5) is 5.82 Å². The van der Waals surface area contributed by atoms with Crippen molar-refractivity contribution in [2.24, 2.45) is 5.73 Å². The van der Waals surface area contributed by atoms with Gasteiger partial charge < -0.3 is 15.7 Å². The minimum absolute atomic E-state index is 0.0522. The third-order valence-electron chi connectivity index (χ3n) is 3.59. The Morgan fingerprint density at radius 2 is 1.95 bits per heavy atom. The second-order valence-corrected chi connectivity index (χ2v) is 6.31. The standard InChI is InChI=1S/C15H25N5O/c1-11-4-5-12(13(16)17)14(18-11)20-8-6-19(7-9-20)10-15(2,3)21/h4-5,21H,6-10H2,1-3H3,(H3,16,17). The molecule has 4 N–H and O–H groups in total. The number of nitrogen functional groups attached to an aromatic ring is 1. The monoisotopic (exact) mass is 291 g/mol. The first-order chi connectivity index (χ1) is 9.76. The summed E-state index contributed by atoms with van der Waals surface area (Å²) in [6, 6.07) is 3.74. The highest BCUT2D eigenvalue weighted by Crippen LogP contribution is 2.20. The molecule has 1 saturated heterocycles. The number of anilines is 1. The summed E-state index contributed by atoms with van der Waals surface area (Å²) in [4.78, 5) is 8.98. The second kappa shape index (κ2) is 5.99. The largest absolute Gasteiger partial charge is 0.389 e. The number of hydrogen-bond donors (Lipinski definition) is 3. The van der Waals surface area contributed by atoms with E-state index in [0.29, 0.717) is 12.1 Å². The number of piperazine rings is 1. The number of aliphatic hydroxyl groups is 1. The van der Waals surface area contributed by atoms with E-state index in [1.165, 1.54) is 0 Å². The molecule has 6 heteroatoms. The molecule has 6 nitrogen and oxygen atoms in total. The van der Waals surface area contributed by atoms with Gasteiger partial charge in [0.1, 0.15) is 11.7 Å². The zero-order valence-corrected chi connectivity index (χ0v) is 13.1. The second-order valence-electron chi connectivity index (χ2n) is 6.31. The van der Waals surface area contributed by atoms with Crippen LogP contribution >= 0.6 is 0 Å². The van der Waals surface area contributed by atoms with Gasteiger partial charge in [0.05, 0.1) is 11.2 Å². The fraction of sp³-hybridized carbons (Fsp3) is 0.600. The highest BCUT2D eigenvalue weighted by Gasteiger charge is 2.24. The number of nitrogens with two attached hydrogens (primary N) is 1. The molecule has 0 atom stereocenters. The Morgan fingerprint density at radius 3 is 2.48 bits per heavy atom. The Bertz CT molecular complexity index is 515. The van der Waals surface area contributed by atoms with Crippen molar-refractivity contribution in [3.8, 4) is 0 Å². The highest BCUT2D eigenvalue weighted by molar-refractivity contribution is 5.99. The van der Waals surface area contributed by atoms with Crippen LogP contribution in [0, 0.1) is 12.3 Å². The predicted molar refractivity (Wildman–Crippen MR) is 84.9 cm³/mol. The molecule has 0 amide bonds. The number of pyridine rings is 1. The first kappa shape index (κ1) is 15.7. The maximum absolute atomic E-state index is 9.89. The van der Waals surface area contributed by atoms with E-state index in [2.05, 4.69) is 14.8 Å². The lowest BCUT2D eigenvalue weighted by Gasteiger charge is -2.38. The molecule has 2 heterocycles. The van der Waals surface area contributed by atoms with Crippen LogP contribution in [-0.4, -0.2) is 59.2 Å². The summed E-state index contributed by atoms with van der Waals surface area (Å²) >= 11 is 0. The molecule has 0 unspecified atom stereocenters. The number of nitrogens with zero attached hydrogens (tertiary/aromatic N) is 3. The van der Waals surface area contributed by atoms with Crippen molar-refractivity contribution in [1.82, 2.24) is 9.88 Å². The topological polar surface area (TPSA) is 89.5 Å². The minimum Gasteiger partial charge on any atom is -0.389 e. The van der Waals surface area contributed by atoms with E-state index in [4.69, 9.17) is 11.1 Å². The Balaban J connectivity index is 2.09. The van der Waals surface area contributed by atoms with Gasteiger partial charge in [-0.05, 0) is 32.9 Å². The van der Waals surface area contributed by atoms with Gasteiger partial charge in [0.15, 0.2) is 0 Å². The molecule has 0 aliphatic carbocycles.